The second-order valence-electron chi connectivity index (χ2n) is 16.9. The van der Waals surface area contributed by atoms with E-state index in [0.717, 1.165) is 44.4 Å². The maximum Gasteiger partial charge on any atom is 0 e. The number of imidazole rings is 1. The third-order valence-corrected chi connectivity index (χ3v) is 15.1. The zero-order chi connectivity index (χ0) is 43.3. The van der Waals surface area contributed by atoms with Gasteiger partial charge in [-0.05, 0) is 89.4 Å². The maximum absolute atomic E-state index is 7.65. The topological polar surface area (TPSA) is 43.9 Å². The SMILES string of the molecule is Cc1cc(C)c2c(c1)oc1c(-c3nc4ccccc4n3-c3c(C(C)C)cc(-c4ccccc4)cc3C(C)C)[c-]ccc12.[2H]c1[c-]c(-c2cc[c]([Ge]([CH3])([CH3])[CH3])cn2)cc([2H])c1[2H].[Ir]. The van der Waals surface area contributed by atoms with E-state index < -0.39 is 13.3 Å². The Morgan fingerprint density at radius 3 is 2.14 bits per heavy atom. The Bertz CT molecular complexity index is 3020. The van der Waals surface area contributed by atoms with Crippen LogP contribution in [0, 0.1) is 26.0 Å². The van der Waals surface area contributed by atoms with Crippen LogP contribution in [0.15, 0.2) is 138 Å². The Balaban J connectivity index is 0.000000244. The number of aryl methyl sites for hydroxylation is 2. The summed E-state index contributed by atoms with van der Waals surface area (Å²) in [6, 6.07) is 44.2. The molecule has 0 aliphatic rings. The molecule has 3 heterocycles. The van der Waals surface area contributed by atoms with Crippen molar-refractivity contribution in [1.82, 2.24) is 14.5 Å². The predicted molar refractivity (Wildman–Crippen MR) is 247 cm³/mol. The molecule has 0 saturated carbocycles. The summed E-state index contributed by atoms with van der Waals surface area (Å²) in [5.74, 6) is 8.37. The van der Waals surface area contributed by atoms with Crippen LogP contribution in [0.2, 0.25) is 17.3 Å². The van der Waals surface area contributed by atoms with Gasteiger partial charge in [-0.1, -0.05) is 87.2 Å². The number of pyridine rings is 1. The summed E-state index contributed by atoms with van der Waals surface area (Å²) in [4.78, 5) is 9.69. The molecular weight excluding hydrogens is 959 g/mol. The van der Waals surface area contributed by atoms with Crippen LogP contribution in [0.3, 0.4) is 0 Å². The first-order valence-corrected chi connectivity index (χ1v) is 27.5. The minimum absolute atomic E-state index is 0. The summed E-state index contributed by atoms with van der Waals surface area (Å²) < 4.78 is 33.1. The molecule has 0 aliphatic carbocycles. The first-order valence-electron chi connectivity index (χ1n) is 21.6. The number of furan rings is 1. The van der Waals surface area contributed by atoms with Crippen molar-refractivity contribution < 1.29 is 28.6 Å². The third kappa shape index (κ3) is 8.39. The summed E-state index contributed by atoms with van der Waals surface area (Å²) in [6.07, 6.45) is 1.89. The van der Waals surface area contributed by atoms with Crippen LogP contribution in [0.1, 0.15) is 65.9 Å². The summed E-state index contributed by atoms with van der Waals surface area (Å²) in [6.45, 7) is 13.4. The maximum atomic E-state index is 7.65. The first-order chi connectivity index (χ1) is 29.1. The molecule has 4 nitrogen and oxygen atoms in total. The van der Waals surface area contributed by atoms with Gasteiger partial charge in [-0.25, -0.2) is 0 Å². The molecule has 6 aromatic carbocycles. The average molecular weight is 1010 g/mol. The molecule has 0 atom stereocenters. The van der Waals surface area contributed by atoms with Crippen molar-refractivity contribution in [1.29, 1.82) is 0 Å². The van der Waals surface area contributed by atoms with Gasteiger partial charge in [0.25, 0.3) is 0 Å². The Morgan fingerprint density at radius 1 is 0.763 bits per heavy atom. The predicted octanol–water partition coefficient (Wildman–Crippen LogP) is 14.0. The number of hydrogen-bond acceptors (Lipinski definition) is 3. The molecule has 0 unspecified atom stereocenters. The van der Waals surface area contributed by atoms with Gasteiger partial charge in [-0.2, -0.15) is 0 Å². The van der Waals surface area contributed by atoms with Crippen LogP contribution in [0.4, 0.5) is 0 Å². The van der Waals surface area contributed by atoms with Gasteiger partial charge < -0.3 is 8.98 Å². The Labute approximate surface area is 369 Å². The van der Waals surface area contributed by atoms with E-state index in [1.165, 1.54) is 43.5 Å². The summed E-state index contributed by atoms with van der Waals surface area (Å²) in [5.41, 5.74) is 14.7. The number of nitrogens with zero attached hydrogens (tertiary/aromatic N) is 3. The normalized spacial score (nSPS) is 12.4. The first kappa shape index (κ1) is 38.2. The van der Waals surface area contributed by atoms with Gasteiger partial charge in [0.1, 0.15) is 5.58 Å². The molecule has 1 radical (unpaired) electrons. The van der Waals surface area contributed by atoms with Gasteiger partial charge in [-0.3, -0.25) is 4.98 Å². The second-order valence-corrected chi connectivity index (χ2v) is 27.5. The van der Waals surface area contributed by atoms with Crippen molar-refractivity contribution in [2.24, 2.45) is 0 Å². The molecule has 59 heavy (non-hydrogen) atoms. The monoisotopic (exact) mass is 1020 g/mol. The smallest absolute Gasteiger partial charge is 0 e. The quantitative estimate of drug-likeness (QED) is 0.118. The van der Waals surface area contributed by atoms with E-state index in [4.69, 9.17) is 13.5 Å². The molecule has 0 amide bonds. The van der Waals surface area contributed by atoms with Crippen LogP contribution >= 0.6 is 0 Å². The fourth-order valence-corrected chi connectivity index (χ4v) is 10.0. The zero-order valence-corrected chi connectivity index (χ0v) is 39.7. The van der Waals surface area contributed by atoms with Crippen LogP contribution in [0.25, 0.3) is 72.4 Å². The second kappa shape index (κ2) is 17.3. The minimum Gasteiger partial charge on any atom is 0 e. The molecule has 3 aromatic heterocycles. The zero-order valence-electron chi connectivity index (χ0n) is 38.2. The standard InChI is InChI=1S/C39H35N2O.C14H16GeN.Ir/c1-23(2)31-21-28(27-13-8-7-9-14-27)22-32(24(3)4)37(31)41-34-18-11-10-17-33(34)40-39(41)30-16-12-15-29-36-26(6)19-25(5)20-35(36)42-38(29)30;1-15(2,3)13-9-10-14(16-11-13)12-7-5-4-6-8-12;/h7-15,17-24H,1-6H3;4-7,9-11H,1-3H3;/q2*-1;/i;4D,5D,6D;. The Hall–Kier alpha value is -5.07. The number of para-hydroxylation sites is 2. The molecule has 0 N–H and O–H groups in total. The van der Waals surface area contributed by atoms with Gasteiger partial charge in [-0.15, -0.1) is 18.2 Å². The van der Waals surface area contributed by atoms with Gasteiger partial charge in [0.2, 0.25) is 0 Å². The molecule has 299 valence electrons. The van der Waals surface area contributed by atoms with Crippen LogP contribution < -0.4 is 4.40 Å². The van der Waals surface area contributed by atoms with E-state index in [1.807, 2.05) is 18.3 Å². The Morgan fingerprint density at radius 2 is 1.47 bits per heavy atom. The Kier molecular flexibility index (Phi) is 11.2. The molecule has 9 aromatic rings. The van der Waals surface area contributed by atoms with E-state index in [2.05, 4.69) is 171 Å². The number of aromatic nitrogens is 3. The third-order valence-electron chi connectivity index (χ3n) is 10.9. The van der Waals surface area contributed by atoms with Crippen molar-refractivity contribution >= 4 is 50.6 Å². The van der Waals surface area contributed by atoms with E-state index in [0.29, 0.717) is 23.1 Å². The van der Waals surface area contributed by atoms with Crippen molar-refractivity contribution in [3.63, 3.8) is 0 Å². The van der Waals surface area contributed by atoms with Crippen molar-refractivity contribution in [2.75, 3.05) is 0 Å². The average Bonchev–Trinajstić information content (AvgIpc) is 3.81. The van der Waals surface area contributed by atoms with Gasteiger partial charge in [0.05, 0.1) is 22.4 Å². The van der Waals surface area contributed by atoms with Gasteiger partial charge in [0.15, 0.2) is 0 Å². The summed E-state index contributed by atoms with van der Waals surface area (Å²) in [5, 5.41) is 2.26. The number of fused-ring (bicyclic) bond motifs is 4. The molecular formula is C53H51GeIrN3O-2. The molecule has 0 fully saturated rings. The fraction of sp³-hybridized carbons (Fsp3) is 0.208. The number of rotatable bonds is 7. The summed E-state index contributed by atoms with van der Waals surface area (Å²) in [7, 11) is 0. The van der Waals surface area contributed by atoms with Crippen LogP contribution in [0.5, 0.6) is 0 Å². The largest absolute Gasteiger partial charge is 0 e. The molecule has 0 aliphatic heterocycles. The van der Waals surface area contributed by atoms with E-state index in [1.54, 1.807) is 6.07 Å². The van der Waals surface area contributed by atoms with Crippen molar-refractivity contribution in [3.8, 4) is 39.5 Å². The van der Waals surface area contributed by atoms with E-state index >= 15 is 0 Å². The van der Waals surface area contributed by atoms with Crippen LogP contribution in [-0.4, -0.2) is 27.8 Å². The fourth-order valence-electron chi connectivity index (χ4n) is 7.87. The van der Waals surface area contributed by atoms with Crippen molar-refractivity contribution in [2.45, 2.75) is 70.6 Å². The molecule has 0 saturated heterocycles. The molecule has 9 rings (SSSR count). The summed E-state index contributed by atoms with van der Waals surface area (Å²) >= 11 is -1.86. The molecule has 0 spiro atoms. The van der Waals surface area contributed by atoms with Gasteiger partial charge in [0, 0.05) is 31.2 Å². The van der Waals surface area contributed by atoms with Gasteiger partial charge >= 0.3 is 104 Å². The molecule has 6 heteroatoms. The van der Waals surface area contributed by atoms with Crippen LogP contribution in [-0.2, 0) is 20.1 Å². The molecule has 0 bridgehead atoms. The number of hydrogen-bond donors (Lipinski definition) is 0. The van der Waals surface area contributed by atoms with E-state index in [9.17, 15) is 0 Å². The number of benzene rings is 6. The van der Waals surface area contributed by atoms with E-state index in [-0.39, 0.29) is 38.2 Å². The minimum atomic E-state index is -1.86. The van der Waals surface area contributed by atoms with Crippen molar-refractivity contribution in [3.05, 3.63) is 168 Å².